The molecule has 0 bridgehead atoms. The van der Waals surface area contributed by atoms with Crippen molar-refractivity contribution >= 4 is 5.69 Å². The minimum absolute atomic E-state index is 0.0146. The van der Waals surface area contributed by atoms with Gasteiger partial charge in [0.25, 0.3) is 5.56 Å². The Bertz CT molecular complexity index is 379. The Morgan fingerprint density at radius 3 is 2.93 bits per heavy atom. The van der Waals surface area contributed by atoms with Crippen LogP contribution in [0.15, 0.2) is 29.6 Å². The van der Waals surface area contributed by atoms with Crippen molar-refractivity contribution in [2.45, 2.75) is 26.3 Å². The molecule has 0 aliphatic carbocycles. The molecule has 0 amide bonds. The van der Waals surface area contributed by atoms with Gasteiger partial charge in [0.15, 0.2) is 0 Å². The third-order valence-electron chi connectivity index (χ3n) is 2.28. The van der Waals surface area contributed by atoms with Gasteiger partial charge in [-0.15, -0.1) is 6.58 Å². The van der Waals surface area contributed by atoms with Gasteiger partial charge in [0, 0.05) is 18.3 Å². The highest BCUT2D eigenvalue weighted by Crippen LogP contribution is 2.07. The number of rotatable bonds is 4. The van der Waals surface area contributed by atoms with E-state index in [1.807, 2.05) is 13.0 Å². The molecule has 1 heterocycles. The molecule has 1 aromatic rings. The van der Waals surface area contributed by atoms with E-state index >= 15 is 0 Å². The van der Waals surface area contributed by atoms with Gasteiger partial charge in [-0.1, -0.05) is 6.08 Å². The molecule has 0 radical (unpaired) electrons. The van der Waals surface area contributed by atoms with Crippen molar-refractivity contribution in [2.24, 2.45) is 0 Å². The van der Waals surface area contributed by atoms with Crippen molar-refractivity contribution in [3.8, 4) is 0 Å². The van der Waals surface area contributed by atoms with Crippen LogP contribution in [0.1, 0.15) is 18.5 Å². The smallest absolute Gasteiger partial charge is 0.250 e. The maximum atomic E-state index is 11.5. The van der Waals surface area contributed by atoms with Crippen molar-refractivity contribution in [1.82, 2.24) is 4.57 Å². The maximum Gasteiger partial charge on any atom is 0.250 e. The van der Waals surface area contributed by atoms with Crippen LogP contribution in [-0.2, 0) is 6.54 Å². The molecule has 0 unspecified atom stereocenters. The highest BCUT2D eigenvalue weighted by molar-refractivity contribution is 5.41. The average molecular weight is 192 g/mol. The Hall–Kier alpha value is -1.51. The van der Waals surface area contributed by atoms with E-state index in [4.69, 9.17) is 5.73 Å². The number of hydrogen-bond donors (Lipinski definition) is 1. The van der Waals surface area contributed by atoms with Crippen molar-refractivity contribution in [3.63, 3.8) is 0 Å². The van der Waals surface area contributed by atoms with Gasteiger partial charge in [-0.25, -0.2) is 0 Å². The summed E-state index contributed by atoms with van der Waals surface area (Å²) in [4.78, 5) is 11.5. The molecule has 0 saturated heterocycles. The van der Waals surface area contributed by atoms with Gasteiger partial charge in [0.05, 0.1) is 5.69 Å². The topological polar surface area (TPSA) is 48.0 Å². The van der Waals surface area contributed by atoms with E-state index in [1.54, 1.807) is 10.6 Å². The molecule has 0 spiro atoms. The molecule has 14 heavy (non-hydrogen) atoms. The predicted molar refractivity (Wildman–Crippen MR) is 59.3 cm³/mol. The lowest BCUT2D eigenvalue weighted by Crippen LogP contribution is -2.22. The van der Waals surface area contributed by atoms with E-state index in [0.29, 0.717) is 12.2 Å². The molecular formula is C11H16N2O. The Morgan fingerprint density at radius 2 is 2.29 bits per heavy atom. The molecule has 0 saturated carbocycles. The quantitative estimate of drug-likeness (QED) is 0.583. The molecule has 3 heteroatoms. The molecule has 2 N–H and O–H groups in total. The number of unbranched alkanes of at least 4 members (excludes halogenated alkanes) is 1. The number of nitrogens with two attached hydrogens (primary N) is 1. The fraction of sp³-hybridized carbons (Fsp3) is 0.364. The molecule has 76 valence electrons. The van der Waals surface area contributed by atoms with Crippen LogP contribution in [0.5, 0.6) is 0 Å². The van der Waals surface area contributed by atoms with Gasteiger partial charge in [0.2, 0.25) is 0 Å². The summed E-state index contributed by atoms with van der Waals surface area (Å²) in [6.45, 7) is 6.22. The van der Waals surface area contributed by atoms with E-state index < -0.39 is 0 Å². The van der Waals surface area contributed by atoms with Crippen LogP contribution < -0.4 is 11.3 Å². The summed E-state index contributed by atoms with van der Waals surface area (Å²) in [7, 11) is 0. The van der Waals surface area contributed by atoms with E-state index in [2.05, 4.69) is 6.58 Å². The highest BCUT2D eigenvalue weighted by atomic mass is 16.1. The molecule has 1 rings (SSSR count). The molecule has 1 aromatic heterocycles. The van der Waals surface area contributed by atoms with Gasteiger partial charge >= 0.3 is 0 Å². The number of hydrogen-bond acceptors (Lipinski definition) is 2. The second-order valence-electron chi connectivity index (χ2n) is 3.29. The van der Waals surface area contributed by atoms with E-state index in [-0.39, 0.29) is 5.56 Å². The Morgan fingerprint density at radius 1 is 1.57 bits per heavy atom. The minimum Gasteiger partial charge on any atom is -0.397 e. The first-order chi connectivity index (χ1) is 6.66. The summed E-state index contributed by atoms with van der Waals surface area (Å²) in [5.41, 5.74) is 7.25. The number of aromatic nitrogens is 1. The van der Waals surface area contributed by atoms with Gasteiger partial charge in [0.1, 0.15) is 0 Å². The first-order valence-electron chi connectivity index (χ1n) is 4.73. The van der Waals surface area contributed by atoms with Gasteiger partial charge < -0.3 is 10.3 Å². The second-order valence-corrected chi connectivity index (χ2v) is 3.29. The number of anilines is 1. The lowest BCUT2D eigenvalue weighted by atomic mass is 10.2. The lowest BCUT2D eigenvalue weighted by Gasteiger charge is -2.10. The van der Waals surface area contributed by atoms with Crippen LogP contribution in [-0.4, -0.2) is 4.57 Å². The van der Waals surface area contributed by atoms with E-state index in [1.165, 1.54) is 6.07 Å². The molecule has 3 nitrogen and oxygen atoms in total. The van der Waals surface area contributed by atoms with E-state index in [0.717, 1.165) is 18.5 Å². The van der Waals surface area contributed by atoms with Crippen LogP contribution in [0, 0.1) is 6.92 Å². The molecular weight excluding hydrogens is 176 g/mol. The van der Waals surface area contributed by atoms with E-state index in [9.17, 15) is 4.79 Å². The Labute approximate surface area is 83.9 Å². The molecule has 0 aliphatic rings. The van der Waals surface area contributed by atoms with Crippen molar-refractivity contribution < 1.29 is 0 Å². The molecule has 0 atom stereocenters. The summed E-state index contributed by atoms with van der Waals surface area (Å²) >= 11 is 0. The highest BCUT2D eigenvalue weighted by Gasteiger charge is 2.01. The Kier molecular flexibility index (Phi) is 3.51. The molecule has 0 aromatic carbocycles. The van der Waals surface area contributed by atoms with Crippen molar-refractivity contribution in [2.75, 3.05) is 5.73 Å². The van der Waals surface area contributed by atoms with Crippen molar-refractivity contribution in [1.29, 1.82) is 0 Å². The zero-order chi connectivity index (χ0) is 10.6. The van der Waals surface area contributed by atoms with Crippen LogP contribution in [0.25, 0.3) is 0 Å². The Balaban J connectivity index is 2.89. The maximum absolute atomic E-state index is 11.5. The predicted octanol–water partition coefficient (Wildman–Crippen LogP) is 1.71. The summed E-state index contributed by atoms with van der Waals surface area (Å²) in [6.07, 6.45) is 3.70. The zero-order valence-electron chi connectivity index (χ0n) is 8.49. The number of pyridine rings is 1. The summed E-state index contributed by atoms with van der Waals surface area (Å²) in [5.74, 6) is 0. The van der Waals surface area contributed by atoms with Crippen LogP contribution >= 0.6 is 0 Å². The van der Waals surface area contributed by atoms with Gasteiger partial charge in [-0.05, 0) is 25.8 Å². The first kappa shape index (κ1) is 10.6. The zero-order valence-corrected chi connectivity index (χ0v) is 8.49. The third-order valence-corrected chi connectivity index (χ3v) is 2.28. The minimum atomic E-state index is 0.0146. The standard InChI is InChI=1S/C11H16N2O/c1-3-4-5-8-13-9(2)10(12)6-7-11(13)14/h3,6-7H,1,4-5,8,12H2,2H3. The molecule has 0 fully saturated rings. The number of nitrogen functional groups attached to an aromatic ring is 1. The lowest BCUT2D eigenvalue weighted by molar-refractivity contribution is 0.615. The summed E-state index contributed by atoms with van der Waals surface area (Å²) in [6, 6.07) is 3.16. The SMILES string of the molecule is C=CCCCn1c(C)c(N)ccc1=O. The van der Waals surface area contributed by atoms with Crippen LogP contribution in [0.3, 0.4) is 0 Å². The number of allylic oxidation sites excluding steroid dienone is 1. The third kappa shape index (κ3) is 2.25. The van der Waals surface area contributed by atoms with Gasteiger partial charge in [-0.2, -0.15) is 0 Å². The van der Waals surface area contributed by atoms with Crippen molar-refractivity contribution in [3.05, 3.63) is 40.8 Å². The molecule has 0 aliphatic heterocycles. The fourth-order valence-corrected chi connectivity index (χ4v) is 1.36. The van der Waals surface area contributed by atoms with Gasteiger partial charge in [-0.3, -0.25) is 4.79 Å². The fourth-order valence-electron chi connectivity index (χ4n) is 1.36. The monoisotopic (exact) mass is 192 g/mol. The normalized spacial score (nSPS) is 10.1. The summed E-state index contributed by atoms with van der Waals surface area (Å²) < 4.78 is 1.71. The average Bonchev–Trinajstić information content (AvgIpc) is 2.18. The second kappa shape index (κ2) is 4.65. The number of nitrogens with zero attached hydrogens (tertiary/aromatic N) is 1. The first-order valence-corrected chi connectivity index (χ1v) is 4.73. The van der Waals surface area contributed by atoms with Crippen LogP contribution in [0.2, 0.25) is 0 Å². The largest absolute Gasteiger partial charge is 0.397 e. The summed E-state index contributed by atoms with van der Waals surface area (Å²) in [5, 5.41) is 0. The van der Waals surface area contributed by atoms with Crippen LogP contribution in [0.4, 0.5) is 5.69 Å².